The van der Waals surface area contributed by atoms with Gasteiger partial charge in [-0.3, -0.25) is 4.79 Å². The van der Waals surface area contributed by atoms with E-state index in [1.807, 2.05) is 31.2 Å². The van der Waals surface area contributed by atoms with Crippen molar-refractivity contribution >= 4 is 11.6 Å². The molecule has 0 aliphatic heterocycles. The van der Waals surface area contributed by atoms with Gasteiger partial charge in [0.2, 0.25) is 5.91 Å². The summed E-state index contributed by atoms with van der Waals surface area (Å²) in [6.45, 7) is 11.8. The fourth-order valence-electron chi connectivity index (χ4n) is 2.11. The predicted octanol–water partition coefficient (Wildman–Crippen LogP) is 2.25. The smallest absolute Gasteiger partial charge is 0.238 e. The maximum atomic E-state index is 11.9. The Kier molecular flexibility index (Phi) is 7.26. The van der Waals surface area contributed by atoms with Gasteiger partial charge in [0.05, 0.1) is 6.54 Å². The predicted molar refractivity (Wildman–Crippen MR) is 85.1 cm³/mol. The van der Waals surface area contributed by atoms with Crippen LogP contribution in [0.25, 0.3) is 0 Å². The van der Waals surface area contributed by atoms with E-state index in [0.717, 1.165) is 30.9 Å². The van der Waals surface area contributed by atoms with E-state index in [-0.39, 0.29) is 5.91 Å². The lowest BCUT2D eigenvalue weighted by Gasteiger charge is -2.23. The molecule has 0 spiro atoms. The maximum absolute atomic E-state index is 11.9. The number of amides is 1. The lowest BCUT2D eigenvalue weighted by molar-refractivity contribution is -0.115. The zero-order valence-corrected chi connectivity index (χ0v) is 13.1. The normalized spacial score (nSPS) is 12.4. The van der Waals surface area contributed by atoms with Crippen molar-refractivity contribution < 1.29 is 4.79 Å². The van der Waals surface area contributed by atoms with Gasteiger partial charge in [-0.2, -0.15) is 0 Å². The molecule has 1 aromatic carbocycles. The van der Waals surface area contributed by atoms with Crippen molar-refractivity contribution in [2.24, 2.45) is 0 Å². The Labute approximate surface area is 122 Å². The molecule has 4 heteroatoms. The van der Waals surface area contributed by atoms with Crippen LogP contribution in [0.4, 0.5) is 5.69 Å². The van der Waals surface area contributed by atoms with Gasteiger partial charge in [0.15, 0.2) is 0 Å². The van der Waals surface area contributed by atoms with Crippen LogP contribution in [-0.2, 0) is 4.79 Å². The van der Waals surface area contributed by atoms with Crippen molar-refractivity contribution in [1.29, 1.82) is 0 Å². The van der Waals surface area contributed by atoms with Crippen molar-refractivity contribution in [3.8, 4) is 0 Å². The third-order valence-corrected chi connectivity index (χ3v) is 3.46. The molecule has 1 unspecified atom stereocenters. The second-order valence-electron chi connectivity index (χ2n) is 5.13. The summed E-state index contributed by atoms with van der Waals surface area (Å²) in [5.74, 6) is 0.00527. The van der Waals surface area contributed by atoms with Gasteiger partial charge in [-0.25, -0.2) is 0 Å². The number of hydrogen-bond acceptors (Lipinski definition) is 3. The van der Waals surface area contributed by atoms with Gasteiger partial charge in [0.1, 0.15) is 0 Å². The Bertz CT molecular complexity index is 416. The highest BCUT2D eigenvalue weighted by Gasteiger charge is 2.09. The van der Waals surface area contributed by atoms with Crippen LogP contribution in [0, 0.1) is 6.92 Å². The van der Waals surface area contributed by atoms with Gasteiger partial charge in [0.25, 0.3) is 0 Å². The molecule has 0 aliphatic carbocycles. The SMILES string of the molecule is CCN(CC)CC(C)NCC(=O)Nc1ccccc1C. The second kappa shape index (κ2) is 8.72. The molecule has 0 heterocycles. The van der Waals surface area contributed by atoms with Crippen LogP contribution < -0.4 is 10.6 Å². The van der Waals surface area contributed by atoms with Crippen molar-refractivity contribution in [3.63, 3.8) is 0 Å². The molecular formula is C16H27N3O. The minimum atomic E-state index is 0.00527. The van der Waals surface area contributed by atoms with Gasteiger partial charge in [-0.05, 0) is 38.6 Å². The average molecular weight is 277 g/mol. The highest BCUT2D eigenvalue weighted by atomic mass is 16.1. The quantitative estimate of drug-likeness (QED) is 0.766. The molecule has 0 bridgehead atoms. The van der Waals surface area contributed by atoms with Crippen molar-refractivity contribution in [3.05, 3.63) is 29.8 Å². The summed E-state index contributed by atoms with van der Waals surface area (Å²) in [6, 6.07) is 8.12. The first kappa shape index (κ1) is 16.7. The number of nitrogens with zero attached hydrogens (tertiary/aromatic N) is 1. The molecule has 0 fully saturated rings. The average Bonchev–Trinajstić information content (AvgIpc) is 2.45. The number of aryl methyl sites for hydroxylation is 1. The number of carbonyl (C=O) groups is 1. The fraction of sp³-hybridized carbons (Fsp3) is 0.562. The fourth-order valence-corrected chi connectivity index (χ4v) is 2.11. The molecule has 1 rings (SSSR count). The molecule has 4 nitrogen and oxygen atoms in total. The summed E-state index contributed by atoms with van der Waals surface area (Å²) in [7, 11) is 0. The standard InChI is InChI=1S/C16H27N3O/c1-5-19(6-2)12-14(4)17-11-16(20)18-15-10-8-7-9-13(15)3/h7-10,14,17H,5-6,11-12H2,1-4H3,(H,18,20). The van der Waals surface area contributed by atoms with Gasteiger partial charge < -0.3 is 15.5 Å². The van der Waals surface area contributed by atoms with Crippen LogP contribution in [-0.4, -0.2) is 43.0 Å². The highest BCUT2D eigenvalue weighted by molar-refractivity contribution is 5.92. The molecule has 112 valence electrons. The molecule has 1 aromatic rings. The van der Waals surface area contributed by atoms with E-state index in [0.29, 0.717) is 12.6 Å². The van der Waals surface area contributed by atoms with E-state index >= 15 is 0 Å². The van der Waals surface area contributed by atoms with Gasteiger partial charge >= 0.3 is 0 Å². The number of rotatable bonds is 8. The number of nitrogens with one attached hydrogen (secondary N) is 2. The Morgan fingerprint density at radius 3 is 2.50 bits per heavy atom. The van der Waals surface area contributed by atoms with E-state index in [4.69, 9.17) is 0 Å². The third-order valence-electron chi connectivity index (χ3n) is 3.46. The lowest BCUT2D eigenvalue weighted by atomic mass is 10.2. The van der Waals surface area contributed by atoms with E-state index in [2.05, 4.69) is 36.3 Å². The zero-order valence-electron chi connectivity index (χ0n) is 13.1. The molecule has 0 saturated heterocycles. The van der Waals surface area contributed by atoms with E-state index in [9.17, 15) is 4.79 Å². The van der Waals surface area contributed by atoms with Gasteiger partial charge in [-0.1, -0.05) is 32.0 Å². The van der Waals surface area contributed by atoms with E-state index < -0.39 is 0 Å². The highest BCUT2D eigenvalue weighted by Crippen LogP contribution is 2.12. The van der Waals surface area contributed by atoms with Crippen LogP contribution in [0.15, 0.2) is 24.3 Å². The van der Waals surface area contributed by atoms with Crippen molar-refractivity contribution in [2.75, 3.05) is 31.5 Å². The Morgan fingerprint density at radius 1 is 1.25 bits per heavy atom. The van der Waals surface area contributed by atoms with Crippen LogP contribution in [0.5, 0.6) is 0 Å². The summed E-state index contributed by atoms with van der Waals surface area (Å²) in [4.78, 5) is 14.3. The molecule has 0 aromatic heterocycles. The van der Waals surface area contributed by atoms with E-state index in [1.165, 1.54) is 0 Å². The lowest BCUT2D eigenvalue weighted by Crippen LogP contribution is -2.42. The van der Waals surface area contributed by atoms with E-state index in [1.54, 1.807) is 0 Å². The van der Waals surface area contributed by atoms with Crippen LogP contribution in [0.2, 0.25) is 0 Å². The number of anilines is 1. The Balaban J connectivity index is 2.35. The van der Waals surface area contributed by atoms with Crippen molar-refractivity contribution in [1.82, 2.24) is 10.2 Å². The summed E-state index contributed by atoms with van der Waals surface area (Å²) in [5.41, 5.74) is 1.97. The number of carbonyl (C=O) groups excluding carboxylic acids is 1. The molecule has 1 amide bonds. The number of benzene rings is 1. The minimum absolute atomic E-state index is 0.00527. The summed E-state index contributed by atoms with van der Waals surface area (Å²) in [5, 5.41) is 6.20. The molecule has 0 radical (unpaired) electrons. The molecule has 1 atom stereocenters. The van der Waals surface area contributed by atoms with Crippen LogP contribution >= 0.6 is 0 Å². The maximum Gasteiger partial charge on any atom is 0.238 e. The van der Waals surface area contributed by atoms with Crippen molar-refractivity contribution in [2.45, 2.75) is 33.7 Å². The van der Waals surface area contributed by atoms with Crippen LogP contribution in [0.3, 0.4) is 0 Å². The number of hydrogen-bond donors (Lipinski definition) is 2. The summed E-state index contributed by atoms with van der Waals surface area (Å²) < 4.78 is 0. The topological polar surface area (TPSA) is 44.4 Å². The molecule has 20 heavy (non-hydrogen) atoms. The molecule has 2 N–H and O–H groups in total. The number of para-hydroxylation sites is 1. The Morgan fingerprint density at radius 2 is 1.90 bits per heavy atom. The summed E-state index contributed by atoms with van der Waals surface area (Å²) in [6.07, 6.45) is 0. The van der Waals surface area contributed by atoms with Gasteiger partial charge in [0, 0.05) is 18.3 Å². The Hall–Kier alpha value is -1.39. The first-order chi connectivity index (χ1) is 9.56. The van der Waals surface area contributed by atoms with Gasteiger partial charge in [-0.15, -0.1) is 0 Å². The molecule has 0 aliphatic rings. The zero-order chi connectivity index (χ0) is 15.0. The first-order valence-electron chi connectivity index (χ1n) is 7.38. The largest absolute Gasteiger partial charge is 0.325 e. The monoisotopic (exact) mass is 277 g/mol. The second-order valence-corrected chi connectivity index (χ2v) is 5.13. The molecule has 0 saturated carbocycles. The van der Waals surface area contributed by atoms with Crippen LogP contribution in [0.1, 0.15) is 26.3 Å². The molecular weight excluding hydrogens is 250 g/mol. The third kappa shape index (κ3) is 5.72. The first-order valence-corrected chi connectivity index (χ1v) is 7.38. The minimum Gasteiger partial charge on any atom is -0.325 e. The summed E-state index contributed by atoms with van der Waals surface area (Å²) >= 11 is 0. The number of likely N-dealkylation sites (N-methyl/N-ethyl adjacent to an activating group) is 1.